The Labute approximate surface area is 162 Å². The van der Waals surface area contributed by atoms with Crippen molar-refractivity contribution in [2.24, 2.45) is 0 Å². The Morgan fingerprint density at radius 3 is 1.93 bits per heavy atom. The molecule has 2 aromatic carbocycles. The number of esters is 1. The third-order valence-corrected chi connectivity index (χ3v) is 4.67. The largest absolute Gasteiger partial charge is 0.451 e. The molecule has 0 fully saturated rings. The molecule has 0 saturated heterocycles. The van der Waals surface area contributed by atoms with Gasteiger partial charge in [0.25, 0.3) is 17.7 Å². The Kier molecular flexibility index (Phi) is 5.26. The second kappa shape index (κ2) is 7.64. The second-order valence-electron chi connectivity index (χ2n) is 6.51. The summed E-state index contributed by atoms with van der Waals surface area (Å²) in [5, 5.41) is 0. The highest BCUT2D eigenvalue weighted by molar-refractivity contribution is 6.22. The molecule has 2 atom stereocenters. The van der Waals surface area contributed by atoms with E-state index in [0.29, 0.717) is 5.69 Å². The highest BCUT2D eigenvalue weighted by atomic mass is 16.5. The highest BCUT2D eigenvalue weighted by Crippen LogP contribution is 2.25. The normalized spacial score (nSPS) is 15.0. The minimum Gasteiger partial charge on any atom is -0.451 e. The maximum Gasteiger partial charge on any atom is 0.329 e. The molecule has 0 aliphatic carbocycles. The number of ether oxygens (including phenoxy) is 1. The van der Waals surface area contributed by atoms with Crippen LogP contribution >= 0.6 is 0 Å². The molecule has 7 heteroatoms. The van der Waals surface area contributed by atoms with Gasteiger partial charge in [0.05, 0.1) is 11.1 Å². The summed E-state index contributed by atoms with van der Waals surface area (Å²) in [7, 11) is 1.58. The number of fused-ring (bicyclic) bond motifs is 1. The first-order chi connectivity index (χ1) is 13.3. The van der Waals surface area contributed by atoms with Gasteiger partial charge < -0.3 is 9.64 Å². The minimum atomic E-state index is -1.15. The Balaban J connectivity index is 1.68. The number of amides is 3. The molecule has 1 aliphatic heterocycles. The van der Waals surface area contributed by atoms with E-state index in [2.05, 4.69) is 0 Å². The van der Waals surface area contributed by atoms with Gasteiger partial charge in [0.15, 0.2) is 6.10 Å². The lowest BCUT2D eigenvalue weighted by Gasteiger charge is -2.25. The molecule has 0 spiro atoms. The van der Waals surface area contributed by atoms with E-state index in [4.69, 9.17) is 4.74 Å². The topological polar surface area (TPSA) is 84.0 Å². The van der Waals surface area contributed by atoms with Gasteiger partial charge in [0, 0.05) is 12.7 Å². The van der Waals surface area contributed by atoms with E-state index in [1.54, 1.807) is 43.4 Å². The van der Waals surface area contributed by atoms with Crippen LogP contribution in [0.2, 0.25) is 0 Å². The maximum atomic E-state index is 12.5. The molecular formula is C21H20N2O5. The number of likely N-dealkylation sites (N-methyl/N-ethyl adjacent to an activating group) is 1. The summed E-state index contributed by atoms with van der Waals surface area (Å²) < 4.78 is 5.25. The molecule has 0 saturated carbocycles. The molecule has 0 aromatic heterocycles. The Morgan fingerprint density at radius 2 is 1.39 bits per heavy atom. The van der Waals surface area contributed by atoms with Gasteiger partial charge in [-0.1, -0.05) is 30.3 Å². The lowest BCUT2D eigenvalue weighted by Crippen LogP contribution is -2.46. The first-order valence-corrected chi connectivity index (χ1v) is 8.83. The van der Waals surface area contributed by atoms with Crippen molar-refractivity contribution < 1.29 is 23.9 Å². The van der Waals surface area contributed by atoms with Crippen molar-refractivity contribution in [3.8, 4) is 0 Å². The number of hydrogen-bond acceptors (Lipinski definition) is 5. The molecule has 1 heterocycles. The Bertz CT molecular complexity index is 906. The molecule has 0 radical (unpaired) electrons. The molecule has 0 unspecified atom stereocenters. The van der Waals surface area contributed by atoms with E-state index < -0.39 is 35.8 Å². The average molecular weight is 380 g/mol. The zero-order valence-electron chi connectivity index (χ0n) is 15.8. The number of rotatable bonds is 5. The van der Waals surface area contributed by atoms with E-state index in [-0.39, 0.29) is 11.1 Å². The van der Waals surface area contributed by atoms with Crippen LogP contribution in [0.3, 0.4) is 0 Å². The number of imide groups is 1. The Hall–Kier alpha value is -3.48. The van der Waals surface area contributed by atoms with Crippen LogP contribution in [-0.4, -0.2) is 47.8 Å². The third kappa shape index (κ3) is 3.38. The van der Waals surface area contributed by atoms with Crippen LogP contribution in [-0.2, 0) is 14.3 Å². The molecule has 7 nitrogen and oxygen atoms in total. The number of hydrogen-bond donors (Lipinski definition) is 0. The lowest BCUT2D eigenvalue weighted by atomic mass is 10.1. The fraction of sp³-hybridized carbons (Fsp3) is 0.238. The minimum absolute atomic E-state index is 0.250. The summed E-state index contributed by atoms with van der Waals surface area (Å²) in [6.45, 7) is 2.86. The van der Waals surface area contributed by atoms with Crippen LogP contribution in [0.15, 0.2) is 54.6 Å². The summed E-state index contributed by atoms with van der Waals surface area (Å²) in [6.07, 6.45) is -1.07. The van der Waals surface area contributed by atoms with Gasteiger partial charge in [-0.3, -0.25) is 19.3 Å². The van der Waals surface area contributed by atoms with Crippen LogP contribution in [0, 0.1) is 0 Å². The summed E-state index contributed by atoms with van der Waals surface area (Å²) in [4.78, 5) is 52.3. The van der Waals surface area contributed by atoms with Crippen LogP contribution in [0.25, 0.3) is 0 Å². The molecule has 144 valence electrons. The van der Waals surface area contributed by atoms with Gasteiger partial charge in [-0.05, 0) is 38.1 Å². The van der Waals surface area contributed by atoms with Crippen molar-refractivity contribution in [3.05, 3.63) is 65.7 Å². The van der Waals surface area contributed by atoms with Crippen LogP contribution < -0.4 is 4.90 Å². The number of carbonyl (C=O) groups excluding carboxylic acids is 4. The smallest absolute Gasteiger partial charge is 0.329 e. The number of para-hydroxylation sites is 1. The summed E-state index contributed by atoms with van der Waals surface area (Å²) in [6, 6.07) is 14.2. The lowest BCUT2D eigenvalue weighted by molar-refractivity contribution is -0.157. The summed E-state index contributed by atoms with van der Waals surface area (Å²) in [5.74, 6) is -2.35. The van der Waals surface area contributed by atoms with Crippen molar-refractivity contribution in [1.29, 1.82) is 0 Å². The van der Waals surface area contributed by atoms with Crippen molar-refractivity contribution in [2.45, 2.75) is 26.0 Å². The summed E-state index contributed by atoms with van der Waals surface area (Å²) in [5.41, 5.74) is 1.16. The van der Waals surface area contributed by atoms with E-state index in [1.807, 2.05) is 6.07 Å². The van der Waals surface area contributed by atoms with E-state index >= 15 is 0 Å². The van der Waals surface area contributed by atoms with E-state index in [1.165, 1.54) is 30.9 Å². The second-order valence-corrected chi connectivity index (χ2v) is 6.51. The van der Waals surface area contributed by atoms with Gasteiger partial charge in [0.1, 0.15) is 6.04 Å². The average Bonchev–Trinajstić information content (AvgIpc) is 2.97. The molecule has 2 aromatic rings. The van der Waals surface area contributed by atoms with Gasteiger partial charge in [-0.15, -0.1) is 0 Å². The van der Waals surface area contributed by atoms with E-state index in [0.717, 1.165) is 4.90 Å². The van der Waals surface area contributed by atoms with Gasteiger partial charge in [0.2, 0.25) is 0 Å². The fourth-order valence-corrected chi connectivity index (χ4v) is 3.04. The number of nitrogens with zero attached hydrogens (tertiary/aromatic N) is 2. The van der Waals surface area contributed by atoms with Gasteiger partial charge >= 0.3 is 5.97 Å². The van der Waals surface area contributed by atoms with Gasteiger partial charge in [-0.2, -0.15) is 0 Å². The highest BCUT2D eigenvalue weighted by Gasteiger charge is 2.41. The molecule has 0 bridgehead atoms. The third-order valence-electron chi connectivity index (χ3n) is 4.67. The first-order valence-electron chi connectivity index (χ1n) is 8.83. The van der Waals surface area contributed by atoms with Crippen molar-refractivity contribution >= 4 is 29.4 Å². The first kappa shape index (κ1) is 19.3. The standard InChI is InChI=1S/C21H20N2O5/c1-13(23-19(25)16-11-7-8-12-17(16)20(23)26)21(27)28-14(2)18(24)22(3)15-9-5-4-6-10-15/h4-14H,1-3H3/t13-,14-/m0/s1. The van der Waals surface area contributed by atoms with Gasteiger partial charge in [-0.25, -0.2) is 4.79 Å². The van der Waals surface area contributed by atoms with Crippen molar-refractivity contribution in [3.63, 3.8) is 0 Å². The van der Waals surface area contributed by atoms with Crippen LogP contribution in [0.5, 0.6) is 0 Å². The monoisotopic (exact) mass is 380 g/mol. The molecule has 3 rings (SSSR count). The predicted molar refractivity (Wildman–Crippen MR) is 102 cm³/mol. The zero-order chi connectivity index (χ0) is 20.4. The fourth-order valence-electron chi connectivity index (χ4n) is 3.04. The molecular weight excluding hydrogens is 360 g/mol. The number of carbonyl (C=O) groups is 4. The number of anilines is 1. The number of benzene rings is 2. The van der Waals surface area contributed by atoms with E-state index in [9.17, 15) is 19.2 Å². The molecule has 1 aliphatic rings. The Morgan fingerprint density at radius 1 is 0.893 bits per heavy atom. The zero-order valence-corrected chi connectivity index (χ0v) is 15.8. The van der Waals surface area contributed by atoms with Crippen LogP contribution in [0.4, 0.5) is 5.69 Å². The molecule has 28 heavy (non-hydrogen) atoms. The molecule has 3 amide bonds. The van der Waals surface area contributed by atoms with Crippen molar-refractivity contribution in [1.82, 2.24) is 4.90 Å². The van der Waals surface area contributed by atoms with Crippen LogP contribution in [0.1, 0.15) is 34.6 Å². The maximum absolute atomic E-state index is 12.5. The SMILES string of the molecule is C[C@H](OC(=O)[C@H](C)N1C(=O)c2ccccc2C1=O)C(=O)N(C)c1ccccc1. The quantitative estimate of drug-likeness (QED) is 0.587. The van der Waals surface area contributed by atoms with Crippen molar-refractivity contribution in [2.75, 3.05) is 11.9 Å². The molecule has 0 N–H and O–H groups in total. The summed E-state index contributed by atoms with van der Waals surface area (Å²) >= 11 is 0. The predicted octanol–water partition coefficient (Wildman–Crippen LogP) is 2.27.